The average Bonchev–Trinajstić information content (AvgIpc) is 2.95. The number of carbonyl (C=O) groups is 1. The molecule has 0 radical (unpaired) electrons. The summed E-state index contributed by atoms with van der Waals surface area (Å²) < 4.78 is 29.6. The summed E-state index contributed by atoms with van der Waals surface area (Å²) in [4.78, 5) is 15.3. The molecule has 0 aromatic carbocycles. The highest BCUT2D eigenvalue weighted by molar-refractivity contribution is 7.89. The minimum absolute atomic E-state index is 0.0185. The van der Waals surface area contributed by atoms with Gasteiger partial charge in [0.15, 0.2) is 0 Å². The standard InChI is InChI=1S/C21H38N4O3S/c1-8-16(4)25(17(5)9-2)20(26)14-24-19(7)21(18(6)22-24)29(27,28)23-12-10-15(3)11-13-23/h15-17H,8-14H2,1-7H3/t16-,17-/m0/s1. The first kappa shape index (κ1) is 23.9. The van der Waals surface area contributed by atoms with Crippen LogP contribution in [0.3, 0.4) is 0 Å². The maximum atomic E-state index is 13.3. The summed E-state index contributed by atoms with van der Waals surface area (Å²) in [7, 11) is -3.60. The lowest BCUT2D eigenvalue weighted by molar-refractivity contribution is -0.136. The van der Waals surface area contributed by atoms with E-state index in [1.807, 2.05) is 4.90 Å². The molecular formula is C21H38N4O3S. The first-order chi connectivity index (χ1) is 13.5. The highest BCUT2D eigenvalue weighted by Gasteiger charge is 2.33. The second kappa shape index (κ2) is 9.60. The Morgan fingerprint density at radius 3 is 2.14 bits per heavy atom. The van der Waals surface area contributed by atoms with E-state index in [-0.39, 0.29) is 29.4 Å². The molecule has 1 aromatic heterocycles. The maximum absolute atomic E-state index is 13.3. The van der Waals surface area contributed by atoms with Crippen molar-refractivity contribution in [3.05, 3.63) is 11.4 Å². The van der Waals surface area contributed by atoms with Crippen LogP contribution < -0.4 is 0 Å². The third-order valence-electron chi connectivity index (χ3n) is 6.36. The Morgan fingerprint density at radius 2 is 1.66 bits per heavy atom. The highest BCUT2D eigenvalue weighted by Crippen LogP contribution is 2.27. The molecule has 1 aromatic rings. The minimum Gasteiger partial charge on any atom is -0.336 e. The zero-order valence-corrected chi connectivity index (χ0v) is 19.9. The molecule has 29 heavy (non-hydrogen) atoms. The Morgan fingerprint density at radius 1 is 1.14 bits per heavy atom. The molecule has 2 rings (SSSR count). The molecule has 2 heterocycles. The number of sulfonamides is 1. The molecular weight excluding hydrogens is 388 g/mol. The summed E-state index contributed by atoms with van der Waals surface area (Å²) in [5.41, 5.74) is 1.01. The lowest BCUT2D eigenvalue weighted by Crippen LogP contribution is -2.46. The molecule has 0 bridgehead atoms. The van der Waals surface area contributed by atoms with E-state index in [9.17, 15) is 13.2 Å². The van der Waals surface area contributed by atoms with Crippen molar-refractivity contribution in [1.82, 2.24) is 19.0 Å². The first-order valence-corrected chi connectivity index (χ1v) is 12.3. The number of piperidine rings is 1. The van der Waals surface area contributed by atoms with Gasteiger partial charge >= 0.3 is 0 Å². The summed E-state index contributed by atoms with van der Waals surface area (Å²) in [5.74, 6) is 0.533. The molecule has 166 valence electrons. The molecule has 1 fully saturated rings. The number of aromatic nitrogens is 2. The smallest absolute Gasteiger partial charge is 0.246 e. The fraction of sp³-hybridized carbons (Fsp3) is 0.810. The number of rotatable bonds is 8. The Kier molecular flexibility index (Phi) is 7.90. The summed E-state index contributed by atoms with van der Waals surface area (Å²) >= 11 is 0. The van der Waals surface area contributed by atoms with Gasteiger partial charge in [-0.1, -0.05) is 20.8 Å². The highest BCUT2D eigenvalue weighted by atomic mass is 32.2. The van der Waals surface area contributed by atoms with Crippen molar-refractivity contribution in [1.29, 1.82) is 0 Å². The van der Waals surface area contributed by atoms with E-state index in [0.29, 0.717) is 30.4 Å². The Bertz CT molecular complexity index is 800. The maximum Gasteiger partial charge on any atom is 0.246 e. The Hall–Kier alpha value is -1.41. The van der Waals surface area contributed by atoms with Gasteiger partial charge in [0.25, 0.3) is 0 Å². The van der Waals surface area contributed by atoms with E-state index in [2.05, 4.69) is 39.7 Å². The molecule has 0 saturated carbocycles. The van der Waals surface area contributed by atoms with Crippen molar-refractivity contribution in [2.45, 2.75) is 97.7 Å². The van der Waals surface area contributed by atoms with Crippen LogP contribution in [-0.4, -0.2) is 58.5 Å². The fourth-order valence-corrected chi connectivity index (χ4v) is 5.93. The van der Waals surface area contributed by atoms with Crippen LogP contribution in [0.25, 0.3) is 0 Å². The zero-order chi connectivity index (χ0) is 21.9. The van der Waals surface area contributed by atoms with Crippen molar-refractivity contribution >= 4 is 15.9 Å². The van der Waals surface area contributed by atoms with Gasteiger partial charge < -0.3 is 4.90 Å². The van der Waals surface area contributed by atoms with Crippen LogP contribution in [0.1, 0.15) is 71.7 Å². The number of carbonyl (C=O) groups excluding carboxylic acids is 1. The van der Waals surface area contributed by atoms with Gasteiger partial charge in [-0.2, -0.15) is 9.40 Å². The molecule has 1 aliphatic heterocycles. The summed E-state index contributed by atoms with van der Waals surface area (Å²) in [6.45, 7) is 15.0. The molecule has 7 nitrogen and oxygen atoms in total. The molecule has 2 atom stereocenters. The SMILES string of the molecule is CC[C@H](C)N(C(=O)Cn1nc(C)c(S(=O)(=O)N2CCC(C)CC2)c1C)[C@@H](C)CC. The van der Waals surface area contributed by atoms with Gasteiger partial charge in [-0.15, -0.1) is 0 Å². The quantitative estimate of drug-likeness (QED) is 0.639. The molecule has 1 amide bonds. The van der Waals surface area contributed by atoms with Crippen LogP contribution in [0.4, 0.5) is 0 Å². The second-order valence-electron chi connectivity index (χ2n) is 8.56. The van der Waals surface area contributed by atoms with Crippen molar-refractivity contribution in [2.75, 3.05) is 13.1 Å². The van der Waals surface area contributed by atoms with E-state index in [1.165, 1.54) is 0 Å². The predicted octanol–water partition coefficient (Wildman–Crippen LogP) is 3.35. The van der Waals surface area contributed by atoms with Crippen LogP contribution in [0, 0.1) is 19.8 Å². The van der Waals surface area contributed by atoms with Crippen molar-refractivity contribution in [3.8, 4) is 0 Å². The van der Waals surface area contributed by atoms with E-state index < -0.39 is 10.0 Å². The van der Waals surface area contributed by atoms with Crippen molar-refractivity contribution in [3.63, 3.8) is 0 Å². The number of hydrogen-bond acceptors (Lipinski definition) is 4. The van der Waals surface area contributed by atoms with E-state index in [4.69, 9.17) is 0 Å². The molecule has 0 spiro atoms. The van der Waals surface area contributed by atoms with Gasteiger partial charge in [0.1, 0.15) is 11.4 Å². The number of aryl methyl sites for hydroxylation is 1. The van der Waals surface area contributed by atoms with Gasteiger partial charge in [0.2, 0.25) is 15.9 Å². The average molecular weight is 427 g/mol. The first-order valence-electron chi connectivity index (χ1n) is 10.9. The second-order valence-corrected chi connectivity index (χ2v) is 10.4. The molecule has 1 aliphatic rings. The van der Waals surface area contributed by atoms with Gasteiger partial charge in [-0.3, -0.25) is 9.48 Å². The van der Waals surface area contributed by atoms with E-state index in [1.54, 1.807) is 22.8 Å². The molecule has 0 unspecified atom stereocenters. The van der Waals surface area contributed by atoms with Crippen LogP contribution in [0.15, 0.2) is 4.90 Å². The number of nitrogens with zero attached hydrogens (tertiary/aromatic N) is 4. The van der Waals surface area contributed by atoms with Gasteiger partial charge in [-0.25, -0.2) is 8.42 Å². The summed E-state index contributed by atoms with van der Waals surface area (Å²) in [5, 5.41) is 4.44. The number of hydrogen-bond donors (Lipinski definition) is 0. The van der Waals surface area contributed by atoms with Crippen LogP contribution in [0.2, 0.25) is 0 Å². The predicted molar refractivity (Wildman–Crippen MR) is 115 cm³/mol. The normalized spacial score (nSPS) is 18.6. The van der Waals surface area contributed by atoms with Crippen molar-refractivity contribution in [2.24, 2.45) is 5.92 Å². The van der Waals surface area contributed by atoms with E-state index in [0.717, 1.165) is 25.7 Å². The van der Waals surface area contributed by atoms with Gasteiger partial charge in [-0.05, 0) is 59.3 Å². The third-order valence-corrected chi connectivity index (χ3v) is 8.51. The number of amides is 1. The molecule has 0 aliphatic carbocycles. The van der Waals surface area contributed by atoms with E-state index >= 15 is 0 Å². The van der Waals surface area contributed by atoms with Gasteiger partial charge in [0.05, 0.1) is 11.4 Å². The molecule has 1 saturated heterocycles. The molecule has 8 heteroatoms. The lowest BCUT2D eigenvalue weighted by Gasteiger charge is -2.34. The monoisotopic (exact) mass is 426 g/mol. The van der Waals surface area contributed by atoms with Crippen LogP contribution in [-0.2, 0) is 21.4 Å². The van der Waals surface area contributed by atoms with Gasteiger partial charge in [0, 0.05) is 25.2 Å². The third kappa shape index (κ3) is 5.02. The topological polar surface area (TPSA) is 75.5 Å². The summed E-state index contributed by atoms with van der Waals surface area (Å²) in [6, 6.07) is 0.265. The Balaban J connectivity index is 2.30. The minimum atomic E-state index is -3.60. The van der Waals surface area contributed by atoms with Crippen LogP contribution in [0.5, 0.6) is 0 Å². The molecule has 0 N–H and O–H groups in total. The Labute approximate surface area is 176 Å². The fourth-order valence-electron chi connectivity index (χ4n) is 4.09. The van der Waals surface area contributed by atoms with Crippen LogP contribution >= 0.6 is 0 Å². The zero-order valence-electron chi connectivity index (χ0n) is 19.1. The largest absolute Gasteiger partial charge is 0.336 e. The van der Waals surface area contributed by atoms with Crippen molar-refractivity contribution < 1.29 is 13.2 Å². The summed E-state index contributed by atoms with van der Waals surface area (Å²) in [6.07, 6.45) is 3.51. The lowest BCUT2D eigenvalue weighted by atomic mass is 10.0.